The van der Waals surface area contributed by atoms with Gasteiger partial charge in [-0.3, -0.25) is 0 Å². The lowest BCUT2D eigenvalue weighted by atomic mass is 9.92. The fourth-order valence-electron chi connectivity index (χ4n) is 1.17. The van der Waals surface area contributed by atoms with Crippen molar-refractivity contribution in [2.75, 3.05) is 6.54 Å². The van der Waals surface area contributed by atoms with E-state index < -0.39 is 0 Å². The molecule has 0 heterocycles. The molecule has 0 aromatic rings. The number of nitrogens with two attached hydrogens (primary N) is 1. The van der Waals surface area contributed by atoms with Crippen molar-refractivity contribution in [3.05, 3.63) is 0 Å². The first-order valence-corrected chi connectivity index (χ1v) is 4.44. The van der Waals surface area contributed by atoms with Gasteiger partial charge in [0.05, 0.1) is 0 Å². The highest BCUT2D eigenvalue weighted by Gasteiger charge is 2.07. The predicted molar refractivity (Wildman–Crippen MR) is 46.9 cm³/mol. The Bertz CT molecular complexity index is 67.1. The Morgan fingerprint density at radius 1 is 1.20 bits per heavy atom. The Hall–Kier alpha value is -0.0400. The van der Waals surface area contributed by atoms with Crippen molar-refractivity contribution in [3.8, 4) is 0 Å². The zero-order valence-corrected chi connectivity index (χ0v) is 7.56. The molecule has 10 heavy (non-hydrogen) atoms. The molecule has 0 unspecified atom stereocenters. The number of hydrogen-bond donors (Lipinski definition) is 1. The second kappa shape index (κ2) is 5.72. The van der Waals surface area contributed by atoms with Gasteiger partial charge in [0.2, 0.25) is 0 Å². The molecule has 0 bridgehead atoms. The van der Waals surface area contributed by atoms with E-state index in [2.05, 4.69) is 20.8 Å². The van der Waals surface area contributed by atoms with Gasteiger partial charge in [-0.1, -0.05) is 33.6 Å². The van der Waals surface area contributed by atoms with Crippen LogP contribution in [0.5, 0.6) is 0 Å². The highest BCUT2D eigenvalue weighted by molar-refractivity contribution is 4.61. The lowest BCUT2D eigenvalue weighted by molar-refractivity contribution is 0.380. The minimum atomic E-state index is 0.759. The summed E-state index contributed by atoms with van der Waals surface area (Å²) in [5, 5.41) is 0. The van der Waals surface area contributed by atoms with E-state index in [4.69, 9.17) is 5.73 Å². The van der Waals surface area contributed by atoms with Crippen molar-refractivity contribution in [1.82, 2.24) is 0 Å². The molecular formula is C9H21N. The molecule has 0 rings (SSSR count). The SMILES string of the molecule is CC[C@H](C)C[C@@H](CC)CN. The Morgan fingerprint density at radius 3 is 2.10 bits per heavy atom. The molecule has 0 spiro atoms. The highest BCUT2D eigenvalue weighted by Crippen LogP contribution is 2.16. The smallest absolute Gasteiger partial charge is 0.00489 e. The molecule has 0 amide bonds. The summed E-state index contributed by atoms with van der Waals surface area (Å²) >= 11 is 0. The summed E-state index contributed by atoms with van der Waals surface area (Å²) in [6.45, 7) is 7.63. The zero-order chi connectivity index (χ0) is 7.98. The van der Waals surface area contributed by atoms with Crippen molar-refractivity contribution < 1.29 is 0 Å². The molecule has 1 heteroatoms. The van der Waals surface area contributed by atoms with Crippen LogP contribution < -0.4 is 5.73 Å². The van der Waals surface area contributed by atoms with Gasteiger partial charge in [0, 0.05) is 0 Å². The van der Waals surface area contributed by atoms with Crippen LogP contribution in [0.15, 0.2) is 0 Å². The minimum Gasteiger partial charge on any atom is -0.330 e. The van der Waals surface area contributed by atoms with Gasteiger partial charge in [0.15, 0.2) is 0 Å². The number of rotatable bonds is 5. The van der Waals surface area contributed by atoms with Crippen molar-refractivity contribution >= 4 is 0 Å². The van der Waals surface area contributed by atoms with E-state index >= 15 is 0 Å². The molecule has 0 saturated carbocycles. The first-order valence-electron chi connectivity index (χ1n) is 4.44. The standard InChI is InChI=1S/C9H21N/c1-4-8(3)6-9(5-2)7-10/h8-9H,4-7,10H2,1-3H3/t8-,9+/m0/s1. The van der Waals surface area contributed by atoms with Crippen LogP contribution in [0.1, 0.15) is 40.0 Å². The maximum Gasteiger partial charge on any atom is -0.00489 e. The van der Waals surface area contributed by atoms with E-state index in [-0.39, 0.29) is 0 Å². The van der Waals surface area contributed by atoms with E-state index in [9.17, 15) is 0 Å². The first-order chi connectivity index (χ1) is 4.74. The van der Waals surface area contributed by atoms with Crippen LogP contribution in [0.2, 0.25) is 0 Å². The maximum absolute atomic E-state index is 5.59. The van der Waals surface area contributed by atoms with Crippen LogP contribution in [0, 0.1) is 11.8 Å². The molecule has 0 fully saturated rings. The van der Waals surface area contributed by atoms with Crippen LogP contribution in [0.3, 0.4) is 0 Å². The van der Waals surface area contributed by atoms with Gasteiger partial charge >= 0.3 is 0 Å². The Balaban J connectivity index is 3.41. The van der Waals surface area contributed by atoms with E-state index in [1.807, 2.05) is 0 Å². The van der Waals surface area contributed by atoms with Gasteiger partial charge in [-0.05, 0) is 24.8 Å². The third-order valence-electron chi connectivity index (χ3n) is 2.34. The monoisotopic (exact) mass is 143 g/mol. The Kier molecular flexibility index (Phi) is 5.70. The van der Waals surface area contributed by atoms with Gasteiger partial charge in [0.1, 0.15) is 0 Å². The molecular weight excluding hydrogens is 122 g/mol. The summed E-state index contributed by atoms with van der Waals surface area (Å²) in [6.07, 6.45) is 3.83. The van der Waals surface area contributed by atoms with Gasteiger partial charge in [0.25, 0.3) is 0 Å². The van der Waals surface area contributed by atoms with E-state index in [0.717, 1.165) is 18.4 Å². The molecule has 0 aliphatic rings. The summed E-state index contributed by atoms with van der Waals surface area (Å²) in [5.74, 6) is 1.61. The average Bonchev–Trinajstić information content (AvgIpc) is 1.99. The largest absolute Gasteiger partial charge is 0.330 e. The van der Waals surface area contributed by atoms with Gasteiger partial charge in [-0.25, -0.2) is 0 Å². The molecule has 1 nitrogen and oxygen atoms in total. The van der Waals surface area contributed by atoms with Crippen LogP contribution in [-0.2, 0) is 0 Å². The summed E-state index contributed by atoms with van der Waals surface area (Å²) in [7, 11) is 0. The van der Waals surface area contributed by atoms with E-state index in [1.54, 1.807) is 0 Å². The third kappa shape index (κ3) is 3.89. The fraction of sp³-hybridized carbons (Fsp3) is 1.00. The lowest BCUT2D eigenvalue weighted by Crippen LogP contribution is -2.15. The molecule has 0 saturated heterocycles. The minimum absolute atomic E-state index is 0.759. The summed E-state index contributed by atoms with van der Waals surface area (Å²) in [4.78, 5) is 0. The van der Waals surface area contributed by atoms with Crippen molar-refractivity contribution in [2.24, 2.45) is 17.6 Å². The van der Waals surface area contributed by atoms with Crippen LogP contribution in [0.25, 0.3) is 0 Å². The molecule has 62 valence electrons. The van der Waals surface area contributed by atoms with Crippen LogP contribution >= 0.6 is 0 Å². The molecule has 0 radical (unpaired) electrons. The van der Waals surface area contributed by atoms with Crippen LogP contribution in [0.4, 0.5) is 0 Å². The topological polar surface area (TPSA) is 26.0 Å². The zero-order valence-electron chi connectivity index (χ0n) is 7.56. The Morgan fingerprint density at radius 2 is 1.80 bits per heavy atom. The van der Waals surface area contributed by atoms with Gasteiger partial charge in [-0.15, -0.1) is 0 Å². The molecule has 0 aliphatic carbocycles. The van der Waals surface area contributed by atoms with E-state index in [1.165, 1.54) is 19.3 Å². The maximum atomic E-state index is 5.59. The quantitative estimate of drug-likeness (QED) is 0.628. The molecule has 2 atom stereocenters. The summed E-state index contributed by atoms with van der Waals surface area (Å²) in [6, 6.07) is 0. The molecule has 0 aliphatic heterocycles. The van der Waals surface area contributed by atoms with Gasteiger partial charge < -0.3 is 5.73 Å². The molecule has 0 aromatic heterocycles. The number of hydrogen-bond acceptors (Lipinski definition) is 1. The lowest BCUT2D eigenvalue weighted by Gasteiger charge is -2.15. The normalized spacial score (nSPS) is 16.8. The van der Waals surface area contributed by atoms with Crippen molar-refractivity contribution in [1.29, 1.82) is 0 Å². The first kappa shape index (κ1) is 9.96. The fourth-order valence-corrected chi connectivity index (χ4v) is 1.17. The second-order valence-corrected chi connectivity index (χ2v) is 3.26. The van der Waals surface area contributed by atoms with Gasteiger partial charge in [-0.2, -0.15) is 0 Å². The molecule has 2 N–H and O–H groups in total. The average molecular weight is 143 g/mol. The van der Waals surface area contributed by atoms with E-state index in [0.29, 0.717) is 0 Å². The highest BCUT2D eigenvalue weighted by atomic mass is 14.5. The summed E-state index contributed by atoms with van der Waals surface area (Å²) in [5.41, 5.74) is 5.59. The second-order valence-electron chi connectivity index (χ2n) is 3.26. The predicted octanol–water partition coefficient (Wildman–Crippen LogP) is 2.41. The summed E-state index contributed by atoms with van der Waals surface area (Å²) < 4.78 is 0. The molecule has 0 aromatic carbocycles. The van der Waals surface area contributed by atoms with Crippen LogP contribution in [-0.4, -0.2) is 6.54 Å². The van der Waals surface area contributed by atoms with Crippen molar-refractivity contribution in [2.45, 2.75) is 40.0 Å². The Labute approximate surface area is 65.0 Å². The third-order valence-corrected chi connectivity index (χ3v) is 2.34. The van der Waals surface area contributed by atoms with Crippen molar-refractivity contribution in [3.63, 3.8) is 0 Å².